The number of hydrogen-bond donors (Lipinski definition) is 3. The molecule has 160 valence electrons. The van der Waals surface area contributed by atoms with E-state index in [2.05, 4.69) is 4.98 Å². The first kappa shape index (κ1) is 20.0. The van der Waals surface area contributed by atoms with Crippen LogP contribution in [0.4, 0.5) is 13.2 Å². The predicted octanol–water partition coefficient (Wildman–Crippen LogP) is -1.67. The Kier molecular flexibility index (Phi) is 4.57. The van der Waals surface area contributed by atoms with Gasteiger partial charge in [0.05, 0.1) is 35.8 Å². The van der Waals surface area contributed by atoms with E-state index in [4.69, 9.17) is 16.2 Å². The first-order chi connectivity index (χ1) is 13.6. The number of ether oxygens (including phenoxy) is 1. The average Bonchev–Trinajstić information content (AvgIpc) is 3.40. The molecule has 0 amide bonds. The molecule has 5 N–H and O–H groups in total. The van der Waals surface area contributed by atoms with Gasteiger partial charge in [-0.2, -0.15) is 0 Å². The van der Waals surface area contributed by atoms with Gasteiger partial charge < -0.3 is 16.2 Å². The minimum absolute atomic E-state index is 0.0436. The minimum atomic E-state index is -3.12. The summed E-state index contributed by atoms with van der Waals surface area (Å²) in [4.78, 5) is 28.3. The molecular weight excluding hydrogens is 391 g/mol. The van der Waals surface area contributed by atoms with Gasteiger partial charge in [0.25, 0.3) is 11.5 Å². The molecule has 1 saturated heterocycles. The van der Waals surface area contributed by atoms with Crippen molar-refractivity contribution < 1.29 is 17.9 Å². The minimum Gasteiger partial charge on any atom is -0.497 e. The van der Waals surface area contributed by atoms with Crippen LogP contribution in [-0.2, 0) is 4.74 Å². The second-order valence-electron chi connectivity index (χ2n) is 8.11. The van der Waals surface area contributed by atoms with E-state index in [0.29, 0.717) is 12.8 Å². The Morgan fingerprint density at radius 2 is 1.97 bits per heavy atom. The van der Waals surface area contributed by atoms with Gasteiger partial charge in [-0.15, -0.1) is 0 Å². The van der Waals surface area contributed by atoms with Gasteiger partial charge in [0.2, 0.25) is 0 Å². The van der Waals surface area contributed by atoms with Crippen LogP contribution in [0.15, 0.2) is 9.59 Å². The molecule has 1 aliphatic heterocycles. The molecule has 2 heterocycles. The lowest BCUT2D eigenvalue weighted by molar-refractivity contribution is -0.0348. The van der Waals surface area contributed by atoms with Gasteiger partial charge >= 0.3 is 5.69 Å². The standard InChI is InChI=1S/C18H24F3N5O3/c1-7(22)9-5-25(6-18(9,20)21)14-11(19)12(23)10-13(15(14)29-2)26(8-3-4-8)17(28)24-16(10)27/h7-9,11,14H,3-6,22-23H2,1-2H3,(H,24,27,28). The Hall–Kier alpha value is -2.27. The van der Waals surface area contributed by atoms with Crippen LogP contribution in [-0.4, -0.2) is 58.8 Å². The zero-order chi connectivity index (χ0) is 21.2. The fourth-order valence-corrected chi connectivity index (χ4v) is 4.49. The number of aromatic amines is 1. The highest BCUT2D eigenvalue weighted by molar-refractivity contribution is 5.60. The van der Waals surface area contributed by atoms with Crippen LogP contribution in [0.5, 0.6) is 0 Å². The topological polar surface area (TPSA) is 119 Å². The van der Waals surface area contributed by atoms with E-state index < -0.39 is 53.6 Å². The Bertz CT molecular complexity index is 1080. The second kappa shape index (κ2) is 6.63. The maximum Gasteiger partial charge on any atom is 0.329 e. The van der Waals surface area contributed by atoms with E-state index in [1.807, 2.05) is 0 Å². The van der Waals surface area contributed by atoms with E-state index in [1.54, 1.807) is 0 Å². The number of H-pyrrole nitrogens is 1. The molecule has 8 nitrogen and oxygen atoms in total. The molecule has 0 spiro atoms. The van der Waals surface area contributed by atoms with Gasteiger partial charge in [-0.1, -0.05) is 0 Å². The number of aromatic nitrogens is 2. The van der Waals surface area contributed by atoms with Crippen LogP contribution in [0.1, 0.15) is 25.8 Å². The lowest BCUT2D eigenvalue weighted by Crippen LogP contribution is -2.63. The van der Waals surface area contributed by atoms with E-state index in [-0.39, 0.29) is 28.9 Å². The van der Waals surface area contributed by atoms with Crippen LogP contribution in [0, 0.1) is 5.92 Å². The summed E-state index contributed by atoms with van der Waals surface area (Å²) in [5.41, 5.74) is 9.81. The number of fused-ring (bicyclic) bond motifs is 1. The SMILES string of the molecule is COC1=c2c(c(=O)[nH]c(=O)n2C2CC2)=C(N)C(F)C1N1CC(C(C)N)C(F)(F)C1. The summed E-state index contributed by atoms with van der Waals surface area (Å²) in [6.45, 7) is 0.593. The first-order valence-electron chi connectivity index (χ1n) is 9.52. The normalized spacial score (nSPS) is 30.3. The molecule has 0 aromatic carbocycles. The number of nitrogens with one attached hydrogen (secondary N) is 1. The molecule has 0 bridgehead atoms. The van der Waals surface area contributed by atoms with E-state index >= 15 is 4.39 Å². The van der Waals surface area contributed by atoms with E-state index in [9.17, 15) is 18.4 Å². The third kappa shape index (κ3) is 2.98. The lowest BCUT2D eigenvalue weighted by atomic mass is 9.97. The average molecular weight is 415 g/mol. The van der Waals surface area contributed by atoms with Gasteiger partial charge in [-0.05, 0) is 19.8 Å². The fourth-order valence-electron chi connectivity index (χ4n) is 4.49. The van der Waals surface area contributed by atoms with E-state index in [0.717, 1.165) is 0 Å². The van der Waals surface area contributed by atoms with Gasteiger partial charge in [0.1, 0.15) is 11.8 Å². The molecule has 3 aliphatic rings. The molecule has 2 aliphatic carbocycles. The highest BCUT2D eigenvalue weighted by Crippen LogP contribution is 2.39. The number of hydrogen-bond acceptors (Lipinski definition) is 6. The van der Waals surface area contributed by atoms with Crippen LogP contribution in [0.25, 0.3) is 11.5 Å². The lowest BCUT2D eigenvalue weighted by Gasteiger charge is -2.34. The molecule has 1 aromatic heterocycles. The van der Waals surface area contributed by atoms with Crippen molar-refractivity contribution in [2.24, 2.45) is 17.4 Å². The van der Waals surface area contributed by atoms with Crippen LogP contribution < -0.4 is 33.3 Å². The fraction of sp³-hybridized carbons (Fsp3) is 0.667. The third-order valence-corrected chi connectivity index (χ3v) is 6.06. The van der Waals surface area contributed by atoms with Crippen molar-refractivity contribution in [1.29, 1.82) is 0 Å². The van der Waals surface area contributed by atoms with Crippen molar-refractivity contribution in [2.45, 2.75) is 50.0 Å². The smallest absolute Gasteiger partial charge is 0.329 e. The van der Waals surface area contributed by atoms with Crippen molar-refractivity contribution >= 4 is 11.5 Å². The molecule has 4 rings (SSSR count). The number of methoxy groups -OCH3 is 1. The summed E-state index contributed by atoms with van der Waals surface area (Å²) in [6.07, 6.45) is -0.549. The first-order valence-corrected chi connectivity index (χ1v) is 9.52. The van der Waals surface area contributed by atoms with Crippen molar-refractivity contribution in [3.63, 3.8) is 0 Å². The summed E-state index contributed by atoms with van der Waals surface area (Å²) in [5.74, 6) is -4.33. The summed E-state index contributed by atoms with van der Waals surface area (Å²) >= 11 is 0. The molecule has 0 radical (unpaired) electrons. The highest BCUT2D eigenvalue weighted by Gasteiger charge is 2.54. The zero-order valence-electron chi connectivity index (χ0n) is 16.1. The van der Waals surface area contributed by atoms with Crippen molar-refractivity contribution in [3.8, 4) is 0 Å². The predicted molar refractivity (Wildman–Crippen MR) is 99.2 cm³/mol. The number of nitrogens with zero attached hydrogens (tertiary/aromatic N) is 2. The van der Waals surface area contributed by atoms with Gasteiger partial charge in [-0.3, -0.25) is 19.2 Å². The second-order valence-corrected chi connectivity index (χ2v) is 8.11. The Morgan fingerprint density at radius 1 is 1.31 bits per heavy atom. The molecule has 1 aromatic rings. The monoisotopic (exact) mass is 415 g/mol. The summed E-state index contributed by atoms with van der Waals surface area (Å²) < 4.78 is 51.2. The number of nitrogens with two attached hydrogens (primary N) is 2. The largest absolute Gasteiger partial charge is 0.497 e. The Morgan fingerprint density at radius 3 is 2.48 bits per heavy atom. The summed E-state index contributed by atoms with van der Waals surface area (Å²) in [7, 11) is 1.26. The number of alkyl halides is 3. The Balaban J connectivity index is 1.97. The van der Waals surface area contributed by atoms with Gasteiger partial charge in [0, 0.05) is 18.6 Å². The molecule has 1 saturated carbocycles. The van der Waals surface area contributed by atoms with Crippen molar-refractivity contribution in [1.82, 2.24) is 14.5 Å². The molecule has 2 fully saturated rings. The number of rotatable bonds is 4. The summed E-state index contributed by atoms with van der Waals surface area (Å²) in [5, 5.41) is -0.0977. The van der Waals surface area contributed by atoms with Crippen molar-refractivity contribution in [2.75, 3.05) is 20.2 Å². The Labute approximate surface area is 163 Å². The van der Waals surface area contributed by atoms with Crippen LogP contribution in [0.3, 0.4) is 0 Å². The van der Waals surface area contributed by atoms with Crippen LogP contribution >= 0.6 is 0 Å². The maximum atomic E-state index is 15.4. The van der Waals surface area contributed by atoms with Crippen molar-refractivity contribution in [3.05, 3.63) is 31.4 Å². The van der Waals surface area contributed by atoms with Gasteiger partial charge in [0.15, 0.2) is 6.17 Å². The van der Waals surface area contributed by atoms with E-state index in [1.165, 1.54) is 23.5 Å². The van der Waals surface area contributed by atoms with Crippen LogP contribution in [0.2, 0.25) is 0 Å². The number of likely N-dealkylation sites (tertiary alicyclic amines) is 1. The molecule has 4 atom stereocenters. The highest BCUT2D eigenvalue weighted by atomic mass is 19.3. The maximum absolute atomic E-state index is 15.4. The molecule has 11 heteroatoms. The van der Waals surface area contributed by atoms with Gasteiger partial charge in [-0.25, -0.2) is 18.0 Å². The summed E-state index contributed by atoms with van der Waals surface area (Å²) in [6, 6.07) is -2.27. The third-order valence-electron chi connectivity index (χ3n) is 6.06. The molecule has 29 heavy (non-hydrogen) atoms. The zero-order valence-corrected chi connectivity index (χ0v) is 16.1. The number of halogens is 3. The quantitative estimate of drug-likeness (QED) is 0.541. The molecule has 4 unspecified atom stereocenters. The molecular formula is C18H24F3N5O3.